The average molecular weight is 294 g/mol. The van der Waals surface area contributed by atoms with Gasteiger partial charge < -0.3 is 21.9 Å². The first-order valence-electron chi connectivity index (χ1n) is 6.15. The normalized spacial score (nSPS) is 9.45. The van der Waals surface area contributed by atoms with Crippen molar-refractivity contribution in [2.75, 3.05) is 6.61 Å². The van der Waals surface area contributed by atoms with E-state index in [1.165, 1.54) is 0 Å². The van der Waals surface area contributed by atoms with Crippen LogP contribution in [0.3, 0.4) is 0 Å². The summed E-state index contributed by atoms with van der Waals surface area (Å²) in [5, 5.41) is 0. The van der Waals surface area contributed by atoms with Crippen molar-refractivity contribution >= 4 is 5.97 Å². The number of nitrogens with zero attached hydrogens (tertiary/aromatic N) is 1. The zero-order valence-corrected chi connectivity index (χ0v) is 11.9. The molecule has 2 rings (SSSR count). The molecule has 0 saturated heterocycles. The van der Waals surface area contributed by atoms with E-state index in [1.807, 2.05) is 42.5 Å². The second-order valence-corrected chi connectivity index (χ2v) is 3.93. The SMILES string of the molecule is CCOC(=O)C[n+]1cccc(Oc2ccccc2)c1.[Cl-]. The van der Waals surface area contributed by atoms with Gasteiger partial charge >= 0.3 is 5.97 Å². The van der Waals surface area contributed by atoms with Gasteiger partial charge in [-0.05, 0) is 25.1 Å². The fourth-order valence-electron chi connectivity index (χ4n) is 1.64. The van der Waals surface area contributed by atoms with Crippen molar-refractivity contribution in [2.24, 2.45) is 0 Å². The van der Waals surface area contributed by atoms with E-state index < -0.39 is 0 Å². The topological polar surface area (TPSA) is 39.4 Å². The van der Waals surface area contributed by atoms with Gasteiger partial charge in [-0.1, -0.05) is 18.2 Å². The predicted octanol–water partition coefficient (Wildman–Crippen LogP) is -0.666. The van der Waals surface area contributed by atoms with Gasteiger partial charge in [-0.3, -0.25) is 0 Å². The third-order valence-electron chi connectivity index (χ3n) is 2.43. The van der Waals surface area contributed by atoms with Crippen LogP contribution in [0.2, 0.25) is 0 Å². The molecule has 1 aromatic carbocycles. The van der Waals surface area contributed by atoms with E-state index in [0.29, 0.717) is 12.4 Å². The van der Waals surface area contributed by atoms with Crippen molar-refractivity contribution in [3.8, 4) is 11.5 Å². The van der Waals surface area contributed by atoms with E-state index in [0.717, 1.165) is 5.75 Å². The van der Waals surface area contributed by atoms with E-state index in [9.17, 15) is 4.79 Å². The highest BCUT2D eigenvalue weighted by atomic mass is 35.5. The summed E-state index contributed by atoms with van der Waals surface area (Å²) in [6.45, 7) is 2.36. The molecule has 1 heterocycles. The molecule has 0 aliphatic carbocycles. The van der Waals surface area contributed by atoms with E-state index in [1.54, 1.807) is 23.9 Å². The molecule has 1 aromatic heterocycles. The second-order valence-electron chi connectivity index (χ2n) is 3.93. The minimum absolute atomic E-state index is 0. The van der Waals surface area contributed by atoms with Gasteiger partial charge in [-0.2, -0.15) is 4.57 Å². The van der Waals surface area contributed by atoms with Crippen LogP contribution >= 0.6 is 0 Å². The molecule has 4 nitrogen and oxygen atoms in total. The zero-order chi connectivity index (χ0) is 13.5. The van der Waals surface area contributed by atoms with E-state index >= 15 is 0 Å². The second kappa shape index (κ2) is 8.17. The van der Waals surface area contributed by atoms with Crippen molar-refractivity contribution in [1.82, 2.24) is 0 Å². The van der Waals surface area contributed by atoms with Crippen LogP contribution in [-0.4, -0.2) is 12.6 Å². The molecule has 20 heavy (non-hydrogen) atoms. The van der Waals surface area contributed by atoms with Crippen LogP contribution in [0.15, 0.2) is 54.9 Å². The Morgan fingerprint density at radius 3 is 2.50 bits per heavy atom. The number of rotatable bonds is 5. The third kappa shape index (κ3) is 4.90. The lowest BCUT2D eigenvalue weighted by Crippen LogP contribution is -3.00. The summed E-state index contributed by atoms with van der Waals surface area (Å²) in [7, 11) is 0. The number of carbonyl (C=O) groups excluding carboxylic acids is 1. The van der Waals surface area contributed by atoms with Gasteiger partial charge in [-0.15, -0.1) is 0 Å². The van der Waals surface area contributed by atoms with Gasteiger partial charge in [0.05, 0.1) is 6.61 Å². The number of benzene rings is 1. The molecule has 0 amide bonds. The Morgan fingerprint density at radius 1 is 1.10 bits per heavy atom. The van der Waals surface area contributed by atoms with Crippen molar-refractivity contribution in [1.29, 1.82) is 0 Å². The van der Waals surface area contributed by atoms with Crippen LogP contribution in [0, 0.1) is 0 Å². The number of esters is 1. The predicted molar refractivity (Wildman–Crippen MR) is 69.8 cm³/mol. The van der Waals surface area contributed by atoms with Gasteiger partial charge in [0.1, 0.15) is 5.75 Å². The molecule has 0 unspecified atom stereocenters. The van der Waals surface area contributed by atoms with Gasteiger partial charge in [0.15, 0.2) is 11.9 Å². The molecule has 0 spiro atoms. The van der Waals surface area contributed by atoms with Gasteiger partial charge in [-0.25, -0.2) is 4.79 Å². The van der Waals surface area contributed by atoms with E-state index in [2.05, 4.69) is 0 Å². The largest absolute Gasteiger partial charge is 1.00 e. The van der Waals surface area contributed by atoms with E-state index in [-0.39, 0.29) is 24.9 Å². The molecule has 0 atom stereocenters. The lowest BCUT2D eigenvalue weighted by atomic mass is 10.3. The summed E-state index contributed by atoms with van der Waals surface area (Å²) in [6.07, 6.45) is 3.57. The molecule has 2 aromatic rings. The molecule has 0 bridgehead atoms. The van der Waals surface area contributed by atoms with Crippen molar-refractivity contribution in [3.05, 3.63) is 54.9 Å². The highest BCUT2D eigenvalue weighted by Crippen LogP contribution is 2.18. The molecule has 0 N–H and O–H groups in total. The monoisotopic (exact) mass is 293 g/mol. The first kappa shape index (κ1) is 16.0. The standard InChI is InChI=1S/C15H16NO3.ClH/c1-2-18-15(17)12-16-10-6-9-14(11-16)19-13-7-4-3-5-8-13;/h3-11H,2,12H2,1H3;1H/q+1;/p-1. The summed E-state index contributed by atoms with van der Waals surface area (Å²) >= 11 is 0. The Balaban J connectivity index is 0.00000200. The zero-order valence-electron chi connectivity index (χ0n) is 11.2. The van der Waals surface area contributed by atoms with Crippen LogP contribution in [-0.2, 0) is 16.1 Å². The maximum atomic E-state index is 11.4. The number of ether oxygens (including phenoxy) is 2. The van der Waals surface area contributed by atoms with Crippen LogP contribution < -0.4 is 21.7 Å². The summed E-state index contributed by atoms with van der Waals surface area (Å²) < 4.78 is 12.3. The molecule has 0 radical (unpaired) electrons. The highest BCUT2D eigenvalue weighted by molar-refractivity contribution is 5.67. The van der Waals surface area contributed by atoms with Crippen LogP contribution in [0.4, 0.5) is 0 Å². The molecule has 0 aliphatic rings. The van der Waals surface area contributed by atoms with E-state index in [4.69, 9.17) is 9.47 Å². The Hall–Kier alpha value is -2.07. The molecular weight excluding hydrogens is 278 g/mol. The quantitative estimate of drug-likeness (QED) is 0.542. The van der Waals surface area contributed by atoms with Crippen LogP contribution in [0.5, 0.6) is 11.5 Å². The number of para-hydroxylation sites is 1. The summed E-state index contributed by atoms with van der Waals surface area (Å²) in [6, 6.07) is 13.2. The Kier molecular flexibility index (Phi) is 6.53. The Labute approximate surface area is 124 Å². The number of halogens is 1. The van der Waals surface area contributed by atoms with Crippen molar-refractivity contribution < 1.29 is 31.2 Å². The fraction of sp³-hybridized carbons (Fsp3) is 0.200. The fourth-order valence-corrected chi connectivity index (χ4v) is 1.64. The van der Waals surface area contributed by atoms with Crippen molar-refractivity contribution in [2.45, 2.75) is 13.5 Å². The molecule has 0 saturated carbocycles. The summed E-state index contributed by atoms with van der Waals surface area (Å²) in [5.41, 5.74) is 0. The third-order valence-corrected chi connectivity index (χ3v) is 2.43. The Bertz CT molecular complexity index is 546. The lowest BCUT2D eigenvalue weighted by molar-refractivity contribution is -0.686. The van der Waals surface area contributed by atoms with Crippen molar-refractivity contribution in [3.63, 3.8) is 0 Å². The number of pyridine rings is 1. The molecule has 0 fully saturated rings. The van der Waals surface area contributed by atoms with Crippen LogP contribution in [0.1, 0.15) is 6.92 Å². The summed E-state index contributed by atoms with van der Waals surface area (Å²) in [4.78, 5) is 11.4. The number of hydrogen-bond acceptors (Lipinski definition) is 3. The maximum Gasteiger partial charge on any atom is 0.372 e. The van der Waals surface area contributed by atoms with Gasteiger partial charge in [0.25, 0.3) is 0 Å². The molecular formula is C15H16ClNO3. The minimum Gasteiger partial charge on any atom is -1.00 e. The molecule has 106 valence electrons. The van der Waals surface area contributed by atoms with Crippen LogP contribution in [0.25, 0.3) is 0 Å². The summed E-state index contributed by atoms with van der Waals surface area (Å²) in [5.74, 6) is 1.18. The lowest BCUT2D eigenvalue weighted by Gasteiger charge is -2.04. The highest BCUT2D eigenvalue weighted by Gasteiger charge is 2.11. The van der Waals surface area contributed by atoms with Gasteiger partial charge in [0.2, 0.25) is 12.7 Å². The average Bonchev–Trinajstić information content (AvgIpc) is 2.40. The number of hydrogen-bond donors (Lipinski definition) is 0. The molecule has 5 heteroatoms. The van der Waals surface area contributed by atoms with Gasteiger partial charge in [0, 0.05) is 6.07 Å². The smallest absolute Gasteiger partial charge is 0.372 e. The Morgan fingerprint density at radius 2 is 1.80 bits per heavy atom. The minimum atomic E-state index is -0.260. The molecule has 0 aliphatic heterocycles. The maximum absolute atomic E-state index is 11.4. The first-order chi connectivity index (χ1) is 9.28. The number of aromatic nitrogens is 1. The first-order valence-corrected chi connectivity index (χ1v) is 6.15. The number of carbonyl (C=O) groups is 1.